The number of anilines is 1. The van der Waals surface area contributed by atoms with Crippen LogP contribution in [0.1, 0.15) is 42.5 Å². The lowest BCUT2D eigenvalue weighted by Crippen LogP contribution is -2.37. The van der Waals surface area contributed by atoms with E-state index < -0.39 is 11.8 Å². The second-order valence-corrected chi connectivity index (χ2v) is 6.06. The minimum absolute atomic E-state index is 0.181. The van der Waals surface area contributed by atoms with Gasteiger partial charge in [0.2, 0.25) is 0 Å². The molecule has 0 radical (unpaired) electrons. The number of benzene rings is 1. The molecule has 1 aromatic carbocycles. The first-order valence-corrected chi connectivity index (χ1v) is 8.60. The van der Waals surface area contributed by atoms with Crippen LogP contribution in [0.3, 0.4) is 0 Å². The summed E-state index contributed by atoms with van der Waals surface area (Å²) >= 11 is 0. The Morgan fingerprint density at radius 3 is 2.56 bits per heavy atom. The summed E-state index contributed by atoms with van der Waals surface area (Å²) < 4.78 is 4.88. The number of rotatable bonds is 7. The number of amides is 3. The molecule has 7 heteroatoms. The van der Waals surface area contributed by atoms with Crippen molar-refractivity contribution in [3.63, 3.8) is 0 Å². The number of carbonyl (C=O) groups is 3. The molecule has 0 aliphatic heterocycles. The molecular formula is C18H25N3O4. The highest BCUT2D eigenvalue weighted by Crippen LogP contribution is 2.20. The van der Waals surface area contributed by atoms with Crippen LogP contribution < -0.4 is 16.0 Å². The number of carbonyl (C=O) groups excluding carboxylic acids is 3. The third-order valence-corrected chi connectivity index (χ3v) is 4.13. The molecule has 1 aliphatic rings. The minimum Gasteiger partial charge on any atom is -0.385 e. The fraction of sp³-hybridized carbons (Fsp3) is 0.500. The third-order valence-electron chi connectivity index (χ3n) is 4.13. The molecule has 7 nitrogen and oxygen atoms in total. The molecule has 2 rings (SSSR count). The topological polar surface area (TPSA) is 96.5 Å². The molecule has 0 aromatic heterocycles. The predicted octanol–water partition coefficient (Wildman–Crippen LogP) is 1.45. The molecule has 0 unspecified atom stereocenters. The summed E-state index contributed by atoms with van der Waals surface area (Å²) in [7, 11) is 1.57. The Morgan fingerprint density at radius 1 is 1.12 bits per heavy atom. The monoisotopic (exact) mass is 347 g/mol. The molecule has 0 bridgehead atoms. The second-order valence-electron chi connectivity index (χ2n) is 6.06. The van der Waals surface area contributed by atoms with E-state index in [-0.39, 0.29) is 11.9 Å². The van der Waals surface area contributed by atoms with Gasteiger partial charge in [-0.1, -0.05) is 25.0 Å². The van der Waals surface area contributed by atoms with E-state index in [0.29, 0.717) is 30.8 Å². The molecule has 0 spiro atoms. The van der Waals surface area contributed by atoms with Crippen LogP contribution in [0.15, 0.2) is 24.3 Å². The summed E-state index contributed by atoms with van der Waals surface area (Å²) in [5, 5.41) is 8.01. The quantitative estimate of drug-likeness (QED) is 0.514. The standard InChI is InChI=1S/C18H25N3O4/c1-25-12-6-11-19-17(23)18(24)21-15-10-5-4-9-14(15)16(22)20-13-7-2-3-8-13/h4-5,9-10,13H,2-3,6-8,11-12H2,1H3,(H,19,23)(H,20,22)(H,21,24). The number of hydrogen-bond acceptors (Lipinski definition) is 4. The van der Waals surface area contributed by atoms with E-state index in [1.54, 1.807) is 31.4 Å². The number of hydrogen-bond donors (Lipinski definition) is 3. The number of methoxy groups -OCH3 is 1. The van der Waals surface area contributed by atoms with Gasteiger partial charge in [0.1, 0.15) is 0 Å². The fourth-order valence-electron chi connectivity index (χ4n) is 2.80. The van der Waals surface area contributed by atoms with Crippen LogP contribution in [-0.4, -0.2) is 44.0 Å². The minimum atomic E-state index is -0.793. The Balaban J connectivity index is 1.93. The molecular weight excluding hydrogens is 322 g/mol. The van der Waals surface area contributed by atoms with Crippen LogP contribution in [0, 0.1) is 0 Å². The highest BCUT2D eigenvalue weighted by atomic mass is 16.5. The molecule has 3 N–H and O–H groups in total. The zero-order valence-electron chi connectivity index (χ0n) is 14.5. The Hall–Kier alpha value is -2.41. The van der Waals surface area contributed by atoms with Crippen LogP contribution in [0.25, 0.3) is 0 Å². The van der Waals surface area contributed by atoms with Crippen molar-refractivity contribution in [3.05, 3.63) is 29.8 Å². The van der Waals surface area contributed by atoms with Crippen molar-refractivity contribution in [2.75, 3.05) is 25.6 Å². The van der Waals surface area contributed by atoms with Gasteiger partial charge >= 0.3 is 11.8 Å². The molecule has 0 atom stereocenters. The van der Waals surface area contributed by atoms with Gasteiger partial charge in [-0.15, -0.1) is 0 Å². The zero-order chi connectivity index (χ0) is 18.1. The summed E-state index contributed by atoms with van der Waals surface area (Å²) in [6.45, 7) is 0.857. The van der Waals surface area contributed by atoms with Crippen LogP contribution in [0.5, 0.6) is 0 Å². The van der Waals surface area contributed by atoms with Crippen molar-refractivity contribution in [2.45, 2.75) is 38.1 Å². The average molecular weight is 347 g/mol. The zero-order valence-corrected chi connectivity index (χ0v) is 14.5. The third kappa shape index (κ3) is 5.86. The molecule has 1 saturated carbocycles. The maximum absolute atomic E-state index is 12.4. The lowest BCUT2D eigenvalue weighted by atomic mass is 10.1. The maximum Gasteiger partial charge on any atom is 0.313 e. The molecule has 1 fully saturated rings. The smallest absolute Gasteiger partial charge is 0.313 e. The van der Waals surface area contributed by atoms with Gasteiger partial charge in [-0.05, 0) is 31.4 Å². The maximum atomic E-state index is 12.4. The first-order valence-electron chi connectivity index (χ1n) is 8.60. The molecule has 25 heavy (non-hydrogen) atoms. The van der Waals surface area contributed by atoms with Crippen molar-refractivity contribution < 1.29 is 19.1 Å². The SMILES string of the molecule is COCCCNC(=O)C(=O)Nc1ccccc1C(=O)NC1CCCC1. The summed E-state index contributed by atoms with van der Waals surface area (Å²) in [5.41, 5.74) is 0.685. The summed E-state index contributed by atoms with van der Waals surface area (Å²) in [5.74, 6) is -1.76. The lowest BCUT2D eigenvalue weighted by Gasteiger charge is -2.15. The Kier molecular flexibility index (Phi) is 7.40. The molecule has 3 amide bonds. The van der Waals surface area contributed by atoms with Crippen molar-refractivity contribution >= 4 is 23.4 Å². The first-order chi connectivity index (χ1) is 12.1. The average Bonchev–Trinajstić information content (AvgIpc) is 3.12. The van der Waals surface area contributed by atoms with Gasteiger partial charge in [-0.2, -0.15) is 0 Å². The lowest BCUT2D eigenvalue weighted by molar-refractivity contribution is -0.136. The van der Waals surface area contributed by atoms with E-state index >= 15 is 0 Å². The largest absolute Gasteiger partial charge is 0.385 e. The number of nitrogens with one attached hydrogen (secondary N) is 3. The van der Waals surface area contributed by atoms with Gasteiger partial charge in [0.25, 0.3) is 5.91 Å². The van der Waals surface area contributed by atoms with Crippen molar-refractivity contribution in [1.29, 1.82) is 0 Å². The highest BCUT2D eigenvalue weighted by molar-refractivity contribution is 6.40. The first kappa shape index (κ1) is 18.9. The Morgan fingerprint density at radius 2 is 1.84 bits per heavy atom. The van der Waals surface area contributed by atoms with Crippen molar-refractivity contribution in [3.8, 4) is 0 Å². The normalized spacial score (nSPS) is 14.1. The van der Waals surface area contributed by atoms with E-state index in [1.165, 1.54) is 0 Å². The van der Waals surface area contributed by atoms with Crippen LogP contribution >= 0.6 is 0 Å². The van der Waals surface area contributed by atoms with E-state index in [0.717, 1.165) is 25.7 Å². The van der Waals surface area contributed by atoms with Gasteiger partial charge < -0.3 is 20.7 Å². The van der Waals surface area contributed by atoms with Gasteiger partial charge in [0, 0.05) is 26.3 Å². The van der Waals surface area contributed by atoms with Crippen molar-refractivity contribution in [2.24, 2.45) is 0 Å². The predicted molar refractivity (Wildman–Crippen MR) is 94.3 cm³/mol. The van der Waals surface area contributed by atoms with E-state index in [9.17, 15) is 14.4 Å². The highest BCUT2D eigenvalue weighted by Gasteiger charge is 2.21. The number of ether oxygens (including phenoxy) is 1. The van der Waals surface area contributed by atoms with E-state index in [1.807, 2.05) is 0 Å². The van der Waals surface area contributed by atoms with Gasteiger partial charge in [-0.3, -0.25) is 14.4 Å². The Bertz CT molecular complexity index is 612. The van der Waals surface area contributed by atoms with E-state index in [2.05, 4.69) is 16.0 Å². The van der Waals surface area contributed by atoms with Crippen LogP contribution in [0.4, 0.5) is 5.69 Å². The van der Waals surface area contributed by atoms with Crippen molar-refractivity contribution in [1.82, 2.24) is 10.6 Å². The van der Waals surface area contributed by atoms with Gasteiger partial charge in [0.05, 0.1) is 11.3 Å². The second kappa shape index (κ2) is 9.78. The van der Waals surface area contributed by atoms with Gasteiger partial charge in [0.15, 0.2) is 0 Å². The fourth-order valence-corrected chi connectivity index (χ4v) is 2.80. The summed E-state index contributed by atoms with van der Waals surface area (Å²) in [6, 6.07) is 6.86. The molecule has 0 heterocycles. The van der Waals surface area contributed by atoms with Crippen LogP contribution in [0.2, 0.25) is 0 Å². The summed E-state index contributed by atoms with van der Waals surface area (Å²) in [4.78, 5) is 36.3. The van der Waals surface area contributed by atoms with Crippen LogP contribution in [-0.2, 0) is 14.3 Å². The molecule has 0 saturated heterocycles. The number of para-hydroxylation sites is 1. The molecule has 1 aliphatic carbocycles. The molecule has 1 aromatic rings. The van der Waals surface area contributed by atoms with Gasteiger partial charge in [-0.25, -0.2) is 0 Å². The summed E-state index contributed by atoms with van der Waals surface area (Å²) in [6.07, 6.45) is 4.81. The van der Waals surface area contributed by atoms with E-state index in [4.69, 9.17) is 4.74 Å². The molecule has 136 valence electrons. The Labute approximate surface area is 147 Å².